The van der Waals surface area contributed by atoms with Gasteiger partial charge in [0.05, 0.1) is 11.7 Å². The van der Waals surface area contributed by atoms with Crippen LogP contribution in [0.5, 0.6) is 0 Å². The summed E-state index contributed by atoms with van der Waals surface area (Å²) in [5.74, 6) is 0.917. The molecule has 0 N–H and O–H groups in total. The van der Waals surface area contributed by atoms with Crippen molar-refractivity contribution in [3.05, 3.63) is 40.7 Å². The van der Waals surface area contributed by atoms with Crippen molar-refractivity contribution in [3.63, 3.8) is 0 Å². The summed E-state index contributed by atoms with van der Waals surface area (Å²) in [6, 6.07) is 8.17. The number of para-hydroxylation sites is 1. The highest BCUT2D eigenvalue weighted by atomic mass is 16.2. The lowest BCUT2D eigenvalue weighted by molar-refractivity contribution is -0.135. The van der Waals surface area contributed by atoms with Gasteiger partial charge in [0.2, 0.25) is 11.3 Å². The molecule has 0 aliphatic heterocycles. The number of fused-ring (bicyclic) bond motifs is 1. The average Bonchev–Trinajstić information content (AvgIpc) is 3.45. The fourth-order valence-corrected chi connectivity index (χ4v) is 4.08. The number of hydrogen-bond acceptors (Lipinski definition) is 3. The van der Waals surface area contributed by atoms with Gasteiger partial charge in [-0.2, -0.15) is 5.10 Å². The monoisotopic (exact) mass is 339 g/mol. The largest absolute Gasteiger partial charge is 0.335 e. The predicted molar refractivity (Wildman–Crippen MR) is 97.3 cm³/mol. The average molecular weight is 339 g/mol. The summed E-state index contributed by atoms with van der Waals surface area (Å²) in [5.41, 5.74) is 0.635. The first-order chi connectivity index (χ1) is 12.1. The molecule has 132 valence electrons. The molecule has 2 aliphatic carbocycles. The molecule has 0 saturated heterocycles. The quantitative estimate of drug-likeness (QED) is 0.860. The van der Waals surface area contributed by atoms with E-state index in [0.29, 0.717) is 17.5 Å². The number of carbonyl (C=O) groups is 1. The Kier molecular flexibility index (Phi) is 4.32. The molecular formula is C20H25N3O2. The molecule has 0 bridgehead atoms. The van der Waals surface area contributed by atoms with Crippen LogP contribution in [0.2, 0.25) is 0 Å². The molecule has 0 radical (unpaired) electrons. The van der Waals surface area contributed by atoms with E-state index in [9.17, 15) is 9.59 Å². The van der Waals surface area contributed by atoms with Crippen molar-refractivity contribution in [1.29, 1.82) is 0 Å². The topological polar surface area (TPSA) is 55.2 Å². The molecule has 5 nitrogen and oxygen atoms in total. The normalized spacial score (nSPS) is 23.6. The van der Waals surface area contributed by atoms with Gasteiger partial charge in [-0.05, 0) is 56.6 Å². The van der Waals surface area contributed by atoms with Gasteiger partial charge in [-0.3, -0.25) is 14.3 Å². The van der Waals surface area contributed by atoms with Gasteiger partial charge in [-0.15, -0.1) is 0 Å². The van der Waals surface area contributed by atoms with E-state index >= 15 is 0 Å². The minimum Gasteiger partial charge on any atom is -0.335 e. The zero-order valence-electron chi connectivity index (χ0n) is 14.7. The van der Waals surface area contributed by atoms with Gasteiger partial charge in [-0.25, -0.2) is 0 Å². The maximum absolute atomic E-state index is 13.1. The summed E-state index contributed by atoms with van der Waals surface area (Å²) in [4.78, 5) is 27.2. The van der Waals surface area contributed by atoms with Gasteiger partial charge in [0.1, 0.15) is 6.54 Å². The number of rotatable bonds is 4. The second kappa shape index (κ2) is 6.62. The molecule has 25 heavy (non-hydrogen) atoms. The van der Waals surface area contributed by atoms with E-state index in [4.69, 9.17) is 0 Å². The highest BCUT2D eigenvalue weighted by Gasteiger charge is 2.38. The van der Waals surface area contributed by atoms with E-state index in [1.807, 2.05) is 18.2 Å². The number of aromatic nitrogens is 2. The zero-order valence-corrected chi connectivity index (χ0v) is 14.7. The van der Waals surface area contributed by atoms with Gasteiger partial charge in [-0.1, -0.05) is 19.1 Å². The summed E-state index contributed by atoms with van der Waals surface area (Å²) in [5, 5.41) is 4.84. The van der Waals surface area contributed by atoms with Crippen molar-refractivity contribution >= 4 is 16.8 Å². The molecule has 0 atom stereocenters. The minimum atomic E-state index is -0.0976. The Hall–Kier alpha value is -2.17. The lowest BCUT2D eigenvalue weighted by atomic mass is 9.86. The molecule has 0 spiro atoms. The summed E-state index contributed by atoms with van der Waals surface area (Å²) >= 11 is 0. The van der Waals surface area contributed by atoms with Crippen molar-refractivity contribution in [2.75, 3.05) is 0 Å². The maximum Gasteiger partial charge on any atom is 0.244 e. The number of carbonyl (C=O) groups excluding carboxylic acids is 1. The van der Waals surface area contributed by atoms with Gasteiger partial charge in [0.15, 0.2) is 0 Å². The van der Waals surface area contributed by atoms with Crippen LogP contribution in [-0.2, 0) is 11.3 Å². The van der Waals surface area contributed by atoms with Gasteiger partial charge < -0.3 is 4.90 Å². The van der Waals surface area contributed by atoms with Crippen LogP contribution in [0.1, 0.15) is 45.4 Å². The zero-order chi connectivity index (χ0) is 17.4. The second-order valence-corrected chi connectivity index (χ2v) is 7.63. The highest BCUT2D eigenvalue weighted by Crippen LogP contribution is 2.35. The van der Waals surface area contributed by atoms with Gasteiger partial charge in [0, 0.05) is 17.5 Å². The van der Waals surface area contributed by atoms with Crippen LogP contribution in [0.25, 0.3) is 10.9 Å². The van der Waals surface area contributed by atoms with Crippen LogP contribution in [0, 0.1) is 5.92 Å². The fourth-order valence-electron chi connectivity index (χ4n) is 4.08. The Morgan fingerprint density at radius 1 is 1.12 bits per heavy atom. The van der Waals surface area contributed by atoms with E-state index in [0.717, 1.165) is 37.1 Å². The molecule has 1 heterocycles. The first kappa shape index (κ1) is 16.3. The van der Waals surface area contributed by atoms with E-state index in [1.54, 1.807) is 10.7 Å². The molecule has 2 fully saturated rings. The van der Waals surface area contributed by atoms with Crippen LogP contribution in [-0.4, -0.2) is 32.7 Å². The standard InChI is InChI=1S/C20H25N3O2/c1-14-6-8-15(9-7-14)23(16-10-11-16)20(25)13-22-18-5-3-2-4-17(18)19(24)12-21-22/h2-5,12,14-16H,6-11,13H2,1H3. The lowest BCUT2D eigenvalue weighted by Gasteiger charge is -2.36. The van der Waals surface area contributed by atoms with Gasteiger partial charge >= 0.3 is 0 Å². The van der Waals surface area contributed by atoms with E-state index < -0.39 is 0 Å². The molecule has 0 unspecified atom stereocenters. The third kappa shape index (κ3) is 3.32. The van der Waals surface area contributed by atoms with Crippen LogP contribution >= 0.6 is 0 Å². The first-order valence-electron chi connectivity index (χ1n) is 9.39. The third-order valence-corrected chi connectivity index (χ3v) is 5.65. The Morgan fingerprint density at radius 3 is 2.44 bits per heavy atom. The molecule has 1 amide bonds. The summed E-state index contributed by atoms with van der Waals surface area (Å²) in [6.07, 6.45) is 8.20. The Labute approximate surface area is 147 Å². The molecule has 1 aromatic heterocycles. The summed E-state index contributed by atoms with van der Waals surface area (Å²) in [7, 11) is 0. The molecule has 2 aromatic rings. The van der Waals surface area contributed by atoms with E-state index in [-0.39, 0.29) is 17.9 Å². The molecule has 4 rings (SSSR count). The van der Waals surface area contributed by atoms with Crippen molar-refractivity contribution in [2.45, 2.75) is 64.1 Å². The maximum atomic E-state index is 13.1. The fraction of sp³-hybridized carbons (Fsp3) is 0.550. The van der Waals surface area contributed by atoms with Crippen LogP contribution in [0.15, 0.2) is 35.3 Å². The molecular weight excluding hydrogens is 314 g/mol. The smallest absolute Gasteiger partial charge is 0.244 e. The molecule has 5 heteroatoms. The van der Waals surface area contributed by atoms with Crippen LogP contribution < -0.4 is 5.43 Å². The number of benzene rings is 1. The van der Waals surface area contributed by atoms with E-state index in [2.05, 4.69) is 16.9 Å². The van der Waals surface area contributed by atoms with Crippen molar-refractivity contribution in [2.24, 2.45) is 5.92 Å². The van der Waals surface area contributed by atoms with Crippen LogP contribution in [0.4, 0.5) is 0 Å². The Bertz CT molecular complexity index is 832. The van der Waals surface area contributed by atoms with Gasteiger partial charge in [0.25, 0.3) is 0 Å². The molecule has 2 saturated carbocycles. The first-order valence-corrected chi connectivity index (χ1v) is 9.39. The molecule has 1 aromatic carbocycles. The lowest BCUT2D eigenvalue weighted by Crippen LogP contribution is -2.45. The Balaban J connectivity index is 1.58. The summed E-state index contributed by atoms with van der Waals surface area (Å²) in [6.45, 7) is 2.51. The molecule has 2 aliphatic rings. The SMILES string of the molecule is CC1CCC(N(C(=O)Cn2ncc(=O)c3ccccc32)C2CC2)CC1. The Morgan fingerprint density at radius 2 is 1.76 bits per heavy atom. The number of nitrogens with zero attached hydrogens (tertiary/aromatic N) is 3. The minimum absolute atomic E-state index is 0.0976. The van der Waals surface area contributed by atoms with Crippen molar-refractivity contribution < 1.29 is 4.79 Å². The van der Waals surface area contributed by atoms with Crippen molar-refractivity contribution in [3.8, 4) is 0 Å². The second-order valence-electron chi connectivity index (χ2n) is 7.63. The van der Waals surface area contributed by atoms with Crippen molar-refractivity contribution in [1.82, 2.24) is 14.7 Å². The predicted octanol–water partition coefficient (Wildman–Crippen LogP) is 2.97. The number of amides is 1. The van der Waals surface area contributed by atoms with Crippen LogP contribution in [0.3, 0.4) is 0 Å². The highest BCUT2D eigenvalue weighted by molar-refractivity contribution is 5.82. The number of hydrogen-bond donors (Lipinski definition) is 0. The third-order valence-electron chi connectivity index (χ3n) is 5.65. The summed E-state index contributed by atoms with van der Waals surface area (Å²) < 4.78 is 1.68. The van der Waals surface area contributed by atoms with E-state index in [1.165, 1.54) is 19.0 Å².